The van der Waals surface area contributed by atoms with Crippen molar-refractivity contribution >= 4 is 34.1 Å². The van der Waals surface area contributed by atoms with Crippen molar-refractivity contribution in [3.63, 3.8) is 0 Å². The number of aromatic nitrogens is 2. The summed E-state index contributed by atoms with van der Waals surface area (Å²) in [7, 11) is 0. The number of hydrogen-bond donors (Lipinski definition) is 1. The zero-order valence-corrected chi connectivity index (χ0v) is 19.3. The second kappa shape index (κ2) is 10.5. The molecule has 1 heterocycles. The van der Waals surface area contributed by atoms with Crippen molar-refractivity contribution in [2.45, 2.75) is 46.7 Å². The maximum Gasteiger partial charge on any atom is 0.331 e. The minimum absolute atomic E-state index is 0.109. The van der Waals surface area contributed by atoms with Gasteiger partial charge in [-0.05, 0) is 62.6 Å². The number of benzene rings is 2. The van der Waals surface area contributed by atoms with E-state index in [1.54, 1.807) is 41.8 Å². The number of anilines is 1. The van der Waals surface area contributed by atoms with Crippen LogP contribution in [-0.4, -0.2) is 21.6 Å². The molecule has 0 aliphatic heterocycles. The van der Waals surface area contributed by atoms with Gasteiger partial charge in [-0.2, -0.15) is 0 Å². The van der Waals surface area contributed by atoms with Crippen molar-refractivity contribution in [2.24, 2.45) is 5.92 Å². The van der Waals surface area contributed by atoms with Crippen LogP contribution in [0.15, 0.2) is 52.1 Å². The first-order valence-corrected chi connectivity index (χ1v) is 11.2. The van der Waals surface area contributed by atoms with Crippen LogP contribution in [0, 0.1) is 5.92 Å². The molecule has 2 aromatic carbocycles. The summed E-state index contributed by atoms with van der Waals surface area (Å²) in [6.45, 7) is 6.84. The van der Waals surface area contributed by atoms with Crippen LogP contribution in [0.2, 0.25) is 5.02 Å². The van der Waals surface area contributed by atoms with Gasteiger partial charge in [0.05, 0.1) is 17.5 Å². The molecule has 0 radical (unpaired) electrons. The maximum atomic E-state index is 12.7. The standard InChI is InChI=1S/C24H28ClN3O4/c1-4-27-21-10-9-18(15-20(21)23(30)28(5-2)24(27)31)26-22(29)13-16(3)11-12-32-19-8-6-7-17(25)14-19/h6-10,14-16H,4-5,11-13H2,1-3H3,(H,26,29). The predicted molar refractivity (Wildman–Crippen MR) is 128 cm³/mol. The Balaban J connectivity index is 1.65. The van der Waals surface area contributed by atoms with Crippen molar-refractivity contribution in [3.05, 3.63) is 68.3 Å². The van der Waals surface area contributed by atoms with Gasteiger partial charge in [0, 0.05) is 30.2 Å². The Kier molecular flexibility index (Phi) is 7.75. The van der Waals surface area contributed by atoms with Crippen LogP contribution in [0.3, 0.4) is 0 Å². The second-order valence-electron chi connectivity index (χ2n) is 7.76. The Hall–Kier alpha value is -3.06. The molecule has 0 saturated heterocycles. The molecule has 8 heteroatoms. The first-order valence-electron chi connectivity index (χ1n) is 10.8. The number of fused-ring (bicyclic) bond motifs is 1. The molecule has 1 aromatic heterocycles. The lowest BCUT2D eigenvalue weighted by Gasteiger charge is -2.14. The number of halogens is 1. The van der Waals surface area contributed by atoms with Crippen LogP contribution in [0.5, 0.6) is 5.75 Å². The Morgan fingerprint density at radius 3 is 2.53 bits per heavy atom. The minimum Gasteiger partial charge on any atom is -0.494 e. The van der Waals surface area contributed by atoms with E-state index >= 15 is 0 Å². The van der Waals surface area contributed by atoms with Gasteiger partial charge in [0.15, 0.2) is 0 Å². The smallest absolute Gasteiger partial charge is 0.331 e. The fourth-order valence-electron chi connectivity index (χ4n) is 3.65. The summed E-state index contributed by atoms with van der Waals surface area (Å²) in [6.07, 6.45) is 1.03. The zero-order chi connectivity index (χ0) is 23.3. The number of nitrogens with one attached hydrogen (secondary N) is 1. The lowest BCUT2D eigenvalue weighted by molar-refractivity contribution is -0.117. The lowest BCUT2D eigenvalue weighted by Crippen LogP contribution is -2.39. The van der Waals surface area contributed by atoms with Gasteiger partial charge >= 0.3 is 5.69 Å². The van der Waals surface area contributed by atoms with E-state index in [0.29, 0.717) is 59.9 Å². The molecule has 32 heavy (non-hydrogen) atoms. The molecule has 170 valence electrons. The Morgan fingerprint density at radius 1 is 1.09 bits per heavy atom. The third-order valence-electron chi connectivity index (χ3n) is 5.35. The molecule has 1 N–H and O–H groups in total. The molecule has 0 aliphatic carbocycles. The summed E-state index contributed by atoms with van der Waals surface area (Å²) in [6, 6.07) is 12.3. The molecule has 1 atom stereocenters. The molecule has 0 bridgehead atoms. The number of amides is 1. The molecule has 3 aromatic rings. The molecule has 1 amide bonds. The van der Waals surface area contributed by atoms with Crippen molar-refractivity contribution < 1.29 is 9.53 Å². The quantitative estimate of drug-likeness (QED) is 0.519. The number of hydrogen-bond acceptors (Lipinski definition) is 4. The van der Waals surface area contributed by atoms with E-state index < -0.39 is 0 Å². The number of nitrogens with zero attached hydrogens (tertiary/aromatic N) is 2. The van der Waals surface area contributed by atoms with Crippen LogP contribution < -0.4 is 21.3 Å². The van der Waals surface area contributed by atoms with Gasteiger partial charge in [0.2, 0.25) is 5.91 Å². The summed E-state index contributed by atoms with van der Waals surface area (Å²) >= 11 is 5.95. The largest absolute Gasteiger partial charge is 0.494 e. The van der Waals surface area contributed by atoms with Crippen LogP contribution in [0.1, 0.15) is 33.6 Å². The van der Waals surface area contributed by atoms with Crippen molar-refractivity contribution in [2.75, 3.05) is 11.9 Å². The third kappa shape index (κ3) is 5.40. The SMILES string of the molecule is CCn1c(=O)c2cc(NC(=O)CC(C)CCOc3cccc(Cl)c3)ccc2n(CC)c1=O. The highest BCUT2D eigenvalue weighted by Crippen LogP contribution is 2.19. The highest BCUT2D eigenvalue weighted by atomic mass is 35.5. The van der Waals surface area contributed by atoms with Gasteiger partial charge in [-0.25, -0.2) is 4.79 Å². The maximum absolute atomic E-state index is 12.7. The number of carbonyl (C=O) groups excluding carboxylic acids is 1. The van der Waals surface area contributed by atoms with Crippen molar-refractivity contribution in [3.8, 4) is 5.75 Å². The van der Waals surface area contributed by atoms with Gasteiger partial charge < -0.3 is 10.1 Å². The van der Waals surface area contributed by atoms with Gasteiger partial charge in [0.25, 0.3) is 5.56 Å². The van der Waals surface area contributed by atoms with E-state index in [9.17, 15) is 14.4 Å². The summed E-state index contributed by atoms with van der Waals surface area (Å²) in [5, 5.41) is 3.89. The lowest BCUT2D eigenvalue weighted by atomic mass is 10.0. The van der Waals surface area contributed by atoms with E-state index in [-0.39, 0.29) is 23.1 Å². The fourth-order valence-corrected chi connectivity index (χ4v) is 3.83. The van der Waals surface area contributed by atoms with Gasteiger partial charge in [-0.15, -0.1) is 0 Å². The van der Waals surface area contributed by atoms with Gasteiger partial charge in [-0.1, -0.05) is 24.6 Å². The number of rotatable bonds is 9. The van der Waals surface area contributed by atoms with Crippen LogP contribution in [0.25, 0.3) is 10.9 Å². The van der Waals surface area contributed by atoms with Crippen LogP contribution in [-0.2, 0) is 17.9 Å². The molecule has 3 rings (SSSR count). The topological polar surface area (TPSA) is 82.3 Å². The molecule has 0 aliphatic rings. The summed E-state index contributed by atoms with van der Waals surface area (Å²) in [5.74, 6) is 0.671. The first kappa shape index (κ1) is 23.6. The van der Waals surface area contributed by atoms with Crippen molar-refractivity contribution in [1.82, 2.24) is 9.13 Å². The Labute approximate surface area is 191 Å². The molecule has 0 saturated carbocycles. The highest BCUT2D eigenvalue weighted by Gasteiger charge is 2.14. The minimum atomic E-state index is -0.347. The van der Waals surface area contributed by atoms with Gasteiger partial charge in [-0.3, -0.25) is 18.7 Å². The molecular formula is C24H28ClN3O4. The van der Waals surface area contributed by atoms with Gasteiger partial charge in [0.1, 0.15) is 5.75 Å². The van der Waals surface area contributed by atoms with E-state index in [2.05, 4.69) is 5.32 Å². The molecule has 0 fully saturated rings. The second-order valence-corrected chi connectivity index (χ2v) is 8.20. The highest BCUT2D eigenvalue weighted by molar-refractivity contribution is 6.30. The average Bonchev–Trinajstić information content (AvgIpc) is 2.75. The average molecular weight is 458 g/mol. The molecule has 7 nitrogen and oxygen atoms in total. The predicted octanol–water partition coefficient (Wildman–Crippen LogP) is 4.29. The number of aryl methyl sites for hydroxylation is 1. The van der Waals surface area contributed by atoms with Crippen LogP contribution in [0.4, 0.5) is 5.69 Å². The number of ether oxygens (including phenoxy) is 1. The zero-order valence-electron chi connectivity index (χ0n) is 18.6. The summed E-state index contributed by atoms with van der Waals surface area (Å²) in [5.41, 5.74) is 0.431. The van der Waals surface area contributed by atoms with E-state index in [1.165, 1.54) is 4.57 Å². The monoisotopic (exact) mass is 457 g/mol. The fraction of sp³-hybridized carbons (Fsp3) is 0.375. The Bertz CT molecular complexity index is 1230. The Morgan fingerprint density at radius 2 is 1.84 bits per heavy atom. The van der Waals surface area contributed by atoms with Crippen LogP contribution >= 0.6 is 11.6 Å². The number of carbonyl (C=O) groups is 1. The third-order valence-corrected chi connectivity index (χ3v) is 5.59. The van der Waals surface area contributed by atoms with Crippen molar-refractivity contribution in [1.29, 1.82) is 0 Å². The van der Waals surface area contributed by atoms with E-state index in [4.69, 9.17) is 16.3 Å². The summed E-state index contributed by atoms with van der Waals surface area (Å²) < 4.78 is 8.46. The van der Waals surface area contributed by atoms with E-state index in [1.807, 2.05) is 26.0 Å². The first-order chi connectivity index (χ1) is 15.3. The molecule has 0 spiro atoms. The summed E-state index contributed by atoms with van der Waals surface area (Å²) in [4.78, 5) is 37.7. The molecule has 1 unspecified atom stereocenters. The normalized spacial score (nSPS) is 12.0. The molecular weight excluding hydrogens is 430 g/mol. The van der Waals surface area contributed by atoms with E-state index in [0.717, 1.165) is 0 Å².